The summed E-state index contributed by atoms with van der Waals surface area (Å²) in [6, 6.07) is 11.8. The molecule has 1 heterocycles. The SMILES string of the molecule is CN(C[C@H]1COc2ccccc2O1)S(=O)(=O)c1cccc(Cl)c1Cl. The Balaban J connectivity index is 1.77. The van der Waals surface area contributed by atoms with Crippen molar-refractivity contribution in [2.75, 3.05) is 20.2 Å². The molecule has 3 rings (SSSR count). The molecule has 0 aliphatic carbocycles. The lowest BCUT2D eigenvalue weighted by molar-refractivity contribution is 0.0798. The smallest absolute Gasteiger partial charge is 0.244 e. The molecule has 1 aliphatic heterocycles. The highest BCUT2D eigenvalue weighted by molar-refractivity contribution is 7.89. The highest BCUT2D eigenvalue weighted by Gasteiger charge is 2.29. The van der Waals surface area contributed by atoms with Crippen LogP contribution in [0.15, 0.2) is 47.4 Å². The first-order chi connectivity index (χ1) is 11.4. The second-order valence-electron chi connectivity index (χ2n) is 5.34. The van der Waals surface area contributed by atoms with Gasteiger partial charge in [0, 0.05) is 7.05 Å². The van der Waals surface area contributed by atoms with Crippen LogP contribution in [0.2, 0.25) is 10.0 Å². The second kappa shape index (κ2) is 6.80. The molecule has 0 amide bonds. The van der Waals surface area contributed by atoms with Crippen molar-refractivity contribution in [1.82, 2.24) is 4.31 Å². The highest BCUT2D eigenvalue weighted by Crippen LogP contribution is 2.33. The number of nitrogens with zero attached hydrogens (tertiary/aromatic N) is 1. The lowest BCUT2D eigenvalue weighted by Crippen LogP contribution is -2.41. The van der Waals surface area contributed by atoms with Crippen molar-refractivity contribution in [1.29, 1.82) is 0 Å². The van der Waals surface area contributed by atoms with Gasteiger partial charge in [0.15, 0.2) is 11.5 Å². The minimum Gasteiger partial charge on any atom is -0.486 e. The van der Waals surface area contributed by atoms with E-state index < -0.39 is 16.1 Å². The zero-order chi connectivity index (χ0) is 17.3. The topological polar surface area (TPSA) is 55.8 Å². The van der Waals surface area contributed by atoms with Crippen LogP contribution in [0.4, 0.5) is 0 Å². The van der Waals surface area contributed by atoms with Crippen LogP contribution in [0.1, 0.15) is 0 Å². The van der Waals surface area contributed by atoms with E-state index in [1.165, 1.54) is 23.5 Å². The third-order valence-electron chi connectivity index (χ3n) is 3.63. The van der Waals surface area contributed by atoms with E-state index >= 15 is 0 Å². The van der Waals surface area contributed by atoms with Gasteiger partial charge in [0.1, 0.15) is 17.6 Å². The van der Waals surface area contributed by atoms with Gasteiger partial charge in [-0.2, -0.15) is 4.31 Å². The molecule has 0 spiro atoms. The first kappa shape index (κ1) is 17.4. The molecule has 8 heteroatoms. The van der Waals surface area contributed by atoms with Crippen LogP contribution in [-0.2, 0) is 10.0 Å². The molecule has 0 aromatic heterocycles. The lowest BCUT2D eigenvalue weighted by atomic mass is 10.2. The van der Waals surface area contributed by atoms with E-state index in [0.29, 0.717) is 11.5 Å². The van der Waals surface area contributed by atoms with Gasteiger partial charge in [0.2, 0.25) is 10.0 Å². The van der Waals surface area contributed by atoms with Crippen LogP contribution in [0.5, 0.6) is 11.5 Å². The largest absolute Gasteiger partial charge is 0.486 e. The molecule has 0 radical (unpaired) electrons. The van der Waals surface area contributed by atoms with Crippen molar-refractivity contribution in [2.45, 2.75) is 11.0 Å². The third-order valence-corrected chi connectivity index (χ3v) is 6.43. The van der Waals surface area contributed by atoms with Crippen LogP contribution in [0.25, 0.3) is 0 Å². The second-order valence-corrected chi connectivity index (χ2v) is 8.13. The summed E-state index contributed by atoms with van der Waals surface area (Å²) in [6.45, 7) is 0.389. The van der Waals surface area contributed by atoms with E-state index in [-0.39, 0.29) is 28.1 Å². The Labute approximate surface area is 150 Å². The predicted molar refractivity (Wildman–Crippen MR) is 92.6 cm³/mol. The summed E-state index contributed by atoms with van der Waals surface area (Å²) >= 11 is 12.0. The number of hydrogen-bond donors (Lipinski definition) is 0. The van der Waals surface area contributed by atoms with Gasteiger partial charge in [-0.1, -0.05) is 41.4 Å². The summed E-state index contributed by atoms with van der Waals surface area (Å²) in [4.78, 5) is -0.0312. The quantitative estimate of drug-likeness (QED) is 0.805. The summed E-state index contributed by atoms with van der Waals surface area (Å²) in [7, 11) is -2.32. The number of benzene rings is 2. The molecule has 0 N–H and O–H groups in total. The standard InChI is InChI=1S/C16H15Cl2NO4S/c1-19(24(20,21)15-8-4-5-12(17)16(15)18)9-11-10-22-13-6-2-3-7-14(13)23-11/h2-8,11H,9-10H2,1H3/t11-/m0/s1. The first-order valence-corrected chi connectivity index (χ1v) is 9.38. The van der Waals surface area contributed by atoms with Gasteiger partial charge >= 0.3 is 0 Å². The minimum atomic E-state index is -3.79. The third kappa shape index (κ3) is 3.32. The van der Waals surface area contributed by atoms with E-state index in [2.05, 4.69) is 0 Å². The predicted octanol–water partition coefficient (Wildman–Crippen LogP) is 3.45. The molecule has 0 bridgehead atoms. The maximum atomic E-state index is 12.7. The summed E-state index contributed by atoms with van der Waals surface area (Å²) < 4.78 is 38.0. The normalized spacial score (nSPS) is 17.1. The van der Waals surface area contributed by atoms with Gasteiger partial charge in [-0.05, 0) is 24.3 Å². The number of likely N-dealkylation sites (N-methyl/N-ethyl adjacent to an activating group) is 1. The van der Waals surface area contributed by atoms with Gasteiger partial charge in [-0.3, -0.25) is 0 Å². The van der Waals surface area contributed by atoms with E-state index in [1.54, 1.807) is 18.2 Å². The van der Waals surface area contributed by atoms with Crippen molar-refractivity contribution >= 4 is 33.2 Å². The molecule has 128 valence electrons. The molecule has 24 heavy (non-hydrogen) atoms. The Morgan fingerprint density at radius 1 is 1.12 bits per heavy atom. The van der Waals surface area contributed by atoms with Crippen molar-refractivity contribution < 1.29 is 17.9 Å². The monoisotopic (exact) mass is 387 g/mol. The molecular weight excluding hydrogens is 373 g/mol. The number of halogens is 2. The Hall–Kier alpha value is -1.47. The Morgan fingerprint density at radius 2 is 1.83 bits per heavy atom. The molecule has 0 saturated carbocycles. The number of rotatable bonds is 4. The number of para-hydroxylation sites is 2. The average Bonchev–Trinajstić information content (AvgIpc) is 2.57. The number of ether oxygens (including phenoxy) is 2. The minimum absolute atomic E-state index is 0.0113. The molecular formula is C16H15Cl2NO4S. The lowest BCUT2D eigenvalue weighted by Gasteiger charge is -2.29. The zero-order valence-electron chi connectivity index (χ0n) is 12.8. The summed E-state index contributed by atoms with van der Waals surface area (Å²) in [5.41, 5.74) is 0. The van der Waals surface area contributed by atoms with E-state index in [9.17, 15) is 8.42 Å². The van der Waals surface area contributed by atoms with Crippen LogP contribution in [0, 0.1) is 0 Å². The van der Waals surface area contributed by atoms with E-state index in [4.69, 9.17) is 32.7 Å². The highest BCUT2D eigenvalue weighted by atomic mass is 35.5. The van der Waals surface area contributed by atoms with Gasteiger partial charge in [0.05, 0.1) is 16.6 Å². The van der Waals surface area contributed by atoms with Gasteiger partial charge in [-0.15, -0.1) is 0 Å². The maximum absolute atomic E-state index is 12.7. The molecule has 5 nitrogen and oxygen atoms in total. The average molecular weight is 388 g/mol. The van der Waals surface area contributed by atoms with Crippen LogP contribution < -0.4 is 9.47 Å². The molecule has 0 unspecified atom stereocenters. The molecule has 2 aromatic carbocycles. The van der Waals surface area contributed by atoms with Gasteiger partial charge < -0.3 is 9.47 Å². The van der Waals surface area contributed by atoms with E-state index in [0.717, 1.165) is 0 Å². The van der Waals surface area contributed by atoms with Gasteiger partial charge in [-0.25, -0.2) is 8.42 Å². The van der Waals surface area contributed by atoms with Crippen molar-refractivity contribution in [3.8, 4) is 11.5 Å². The number of sulfonamides is 1. The maximum Gasteiger partial charge on any atom is 0.244 e. The Morgan fingerprint density at radius 3 is 2.58 bits per heavy atom. The molecule has 1 aliphatic rings. The fourth-order valence-corrected chi connectivity index (χ4v) is 4.32. The fourth-order valence-electron chi connectivity index (χ4n) is 2.39. The van der Waals surface area contributed by atoms with Crippen LogP contribution in [-0.4, -0.2) is 39.0 Å². The Bertz CT molecular complexity index is 857. The Kier molecular flexibility index (Phi) is 4.92. The number of fused-ring (bicyclic) bond motifs is 1. The van der Waals surface area contributed by atoms with Crippen LogP contribution >= 0.6 is 23.2 Å². The summed E-state index contributed by atoms with van der Waals surface area (Å²) in [6.07, 6.45) is -0.419. The van der Waals surface area contributed by atoms with E-state index in [1.807, 2.05) is 12.1 Å². The molecule has 0 saturated heterocycles. The fraction of sp³-hybridized carbons (Fsp3) is 0.250. The zero-order valence-corrected chi connectivity index (χ0v) is 15.1. The van der Waals surface area contributed by atoms with Gasteiger partial charge in [0.25, 0.3) is 0 Å². The first-order valence-electron chi connectivity index (χ1n) is 7.18. The molecule has 1 atom stereocenters. The van der Waals surface area contributed by atoms with Crippen molar-refractivity contribution in [2.24, 2.45) is 0 Å². The molecule has 2 aromatic rings. The summed E-state index contributed by atoms with van der Waals surface area (Å²) in [5, 5.41) is 0.203. The summed E-state index contributed by atoms with van der Waals surface area (Å²) in [5.74, 6) is 1.25. The number of hydrogen-bond acceptors (Lipinski definition) is 4. The van der Waals surface area contributed by atoms with Crippen molar-refractivity contribution in [3.05, 3.63) is 52.5 Å². The molecule has 0 fully saturated rings. The van der Waals surface area contributed by atoms with Crippen LogP contribution in [0.3, 0.4) is 0 Å². The van der Waals surface area contributed by atoms with Crippen molar-refractivity contribution in [3.63, 3.8) is 0 Å².